The fraction of sp³-hybridized carbons (Fsp3) is 0.667. The molecule has 3 saturated heterocycles. The number of piperidine rings is 1. The largest absolute Gasteiger partial charge is 0.490 e. The van der Waals surface area contributed by atoms with Crippen LogP contribution in [0.1, 0.15) is 24.8 Å². The van der Waals surface area contributed by atoms with Crippen molar-refractivity contribution in [1.29, 1.82) is 0 Å². The monoisotopic (exact) mass is 459 g/mol. The molecule has 0 saturated carbocycles. The number of ether oxygens (including phenoxy) is 2. The van der Waals surface area contributed by atoms with Crippen LogP contribution in [0.5, 0.6) is 0 Å². The number of nitrogens with zero attached hydrogens (tertiary/aromatic N) is 3. The average Bonchev–Trinajstić information content (AvgIpc) is 3.17. The zero-order chi connectivity index (χ0) is 23.2. The summed E-state index contributed by atoms with van der Waals surface area (Å²) in [5.41, 5.74) is 1.38. The van der Waals surface area contributed by atoms with Crippen LogP contribution in [0.4, 0.5) is 13.2 Å². The molecule has 1 amide bonds. The summed E-state index contributed by atoms with van der Waals surface area (Å²) < 4.78 is 43.1. The molecular formula is C21H28F3N3O5. The van der Waals surface area contributed by atoms with E-state index in [2.05, 4.69) is 16.0 Å². The molecule has 3 aliphatic rings. The van der Waals surface area contributed by atoms with E-state index in [-0.39, 0.29) is 17.4 Å². The second kappa shape index (κ2) is 10.6. The Labute approximate surface area is 184 Å². The lowest BCUT2D eigenvalue weighted by Gasteiger charge is -2.39. The number of rotatable bonds is 3. The minimum atomic E-state index is -5.08. The zero-order valence-electron chi connectivity index (χ0n) is 17.7. The second-order valence-corrected chi connectivity index (χ2v) is 8.42. The second-order valence-electron chi connectivity index (χ2n) is 8.42. The number of aliphatic carboxylic acids is 1. The van der Waals surface area contributed by atoms with E-state index >= 15 is 0 Å². The first-order valence-corrected chi connectivity index (χ1v) is 10.6. The lowest BCUT2D eigenvalue weighted by molar-refractivity contribution is -0.192. The normalized spacial score (nSPS) is 26.5. The predicted octanol–water partition coefficient (Wildman–Crippen LogP) is 1.94. The molecule has 0 bridgehead atoms. The van der Waals surface area contributed by atoms with Crippen LogP contribution in [0.25, 0.3) is 0 Å². The summed E-state index contributed by atoms with van der Waals surface area (Å²) in [6.07, 6.45) is 1.58. The summed E-state index contributed by atoms with van der Waals surface area (Å²) in [5, 5.41) is 7.12. The summed E-state index contributed by atoms with van der Waals surface area (Å²) >= 11 is 0. The van der Waals surface area contributed by atoms with Crippen LogP contribution in [-0.4, -0.2) is 90.0 Å². The van der Waals surface area contributed by atoms with E-state index < -0.39 is 12.1 Å². The minimum Gasteiger partial charge on any atom is -0.475 e. The van der Waals surface area contributed by atoms with Crippen molar-refractivity contribution in [2.75, 3.05) is 46.0 Å². The Hall–Kier alpha value is -2.24. The van der Waals surface area contributed by atoms with Crippen LogP contribution >= 0.6 is 0 Å². The summed E-state index contributed by atoms with van der Waals surface area (Å²) in [7, 11) is 0. The molecule has 11 heteroatoms. The summed E-state index contributed by atoms with van der Waals surface area (Å²) in [6.45, 7) is 6.42. The Bertz CT molecular complexity index is 774. The van der Waals surface area contributed by atoms with Crippen molar-refractivity contribution < 1.29 is 37.3 Å². The third-order valence-electron chi connectivity index (χ3n) is 5.92. The van der Waals surface area contributed by atoms with Crippen LogP contribution < -0.4 is 0 Å². The molecule has 32 heavy (non-hydrogen) atoms. The number of aromatic nitrogens is 1. The van der Waals surface area contributed by atoms with Gasteiger partial charge in [0.2, 0.25) is 0 Å². The zero-order valence-corrected chi connectivity index (χ0v) is 17.7. The van der Waals surface area contributed by atoms with Gasteiger partial charge >= 0.3 is 12.1 Å². The molecule has 1 spiro atoms. The number of amides is 1. The molecule has 4 heterocycles. The van der Waals surface area contributed by atoms with Gasteiger partial charge in [-0.2, -0.15) is 13.2 Å². The predicted molar refractivity (Wildman–Crippen MR) is 107 cm³/mol. The number of alkyl halides is 3. The molecule has 1 aromatic heterocycles. The van der Waals surface area contributed by atoms with E-state index in [1.165, 1.54) is 12.0 Å². The van der Waals surface area contributed by atoms with Crippen LogP contribution in [0.15, 0.2) is 24.5 Å². The fourth-order valence-electron chi connectivity index (χ4n) is 4.41. The van der Waals surface area contributed by atoms with Crippen molar-refractivity contribution in [2.45, 2.75) is 38.1 Å². The Balaban J connectivity index is 0.000000360. The van der Waals surface area contributed by atoms with Gasteiger partial charge in [0.05, 0.1) is 19.8 Å². The molecule has 2 unspecified atom stereocenters. The van der Waals surface area contributed by atoms with E-state index in [9.17, 15) is 18.0 Å². The quantitative estimate of drug-likeness (QED) is 0.739. The van der Waals surface area contributed by atoms with Gasteiger partial charge in [-0.15, -0.1) is 0 Å². The van der Waals surface area contributed by atoms with E-state index in [1.54, 1.807) is 0 Å². The van der Waals surface area contributed by atoms with E-state index in [0.717, 1.165) is 32.5 Å². The van der Waals surface area contributed by atoms with Gasteiger partial charge in [0.1, 0.15) is 6.10 Å². The first-order valence-electron chi connectivity index (χ1n) is 10.6. The van der Waals surface area contributed by atoms with Crippen molar-refractivity contribution in [3.63, 3.8) is 0 Å². The number of morpholine rings is 1. The van der Waals surface area contributed by atoms with Crippen LogP contribution in [-0.2, 0) is 25.6 Å². The summed E-state index contributed by atoms with van der Waals surface area (Å²) in [6, 6.07) is 4.12. The highest BCUT2D eigenvalue weighted by Gasteiger charge is 2.46. The van der Waals surface area contributed by atoms with E-state index in [4.69, 9.17) is 19.4 Å². The number of pyridine rings is 1. The van der Waals surface area contributed by atoms with E-state index in [1.807, 2.05) is 23.4 Å². The standard InChI is InChI=1S/C19H27N3O3.C2HF3O2/c23-18(22-7-9-24-10-8-22)17-11-19(15-25-17)4-2-6-21(14-19)13-16-3-1-5-20-12-16;3-2(4,5)1(6)7/h1,3,5,12,17H,2,4,6-11,13-15H2;(H,6,7). The van der Waals surface area contributed by atoms with Crippen molar-refractivity contribution in [3.05, 3.63) is 30.1 Å². The number of carboxylic acid groups (broad SMARTS) is 1. The van der Waals surface area contributed by atoms with Crippen molar-refractivity contribution in [1.82, 2.24) is 14.8 Å². The highest BCUT2D eigenvalue weighted by atomic mass is 19.4. The molecule has 178 valence electrons. The van der Waals surface area contributed by atoms with Gasteiger partial charge in [0.15, 0.2) is 0 Å². The summed E-state index contributed by atoms with van der Waals surface area (Å²) in [4.78, 5) is 30.2. The lowest BCUT2D eigenvalue weighted by Crippen LogP contribution is -2.46. The fourth-order valence-corrected chi connectivity index (χ4v) is 4.41. The highest BCUT2D eigenvalue weighted by Crippen LogP contribution is 2.41. The molecule has 8 nitrogen and oxygen atoms in total. The molecule has 2 atom stereocenters. The maximum absolute atomic E-state index is 12.7. The van der Waals surface area contributed by atoms with Gasteiger partial charge in [-0.25, -0.2) is 4.79 Å². The SMILES string of the molecule is O=C(C1CC2(CCCN(Cc3cccnc3)C2)CO1)N1CCOCC1.O=C(O)C(F)(F)F. The lowest BCUT2D eigenvalue weighted by atomic mass is 9.78. The van der Waals surface area contributed by atoms with Gasteiger partial charge < -0.3 is 19.5 Å². The maximum Gasteiger partial charge on any atom is 0.490 e. The smallest absolute Gasteiger partial charge is 0.475 e. The van der Waals surface area contributed by atoms with Crippen molar-refractivity contribution >= 4 is 11.9 Å². The van der Waals surface area contributed by atoms with Gasteiger partial charge in [0, 0.05) is 44.0 Å². The Kier molecular flexibility index (Phi) is 8.07. The molecule has 3 fully saturated rings. The van der Waals surface area contributed by atoms with Gasteiger partial charge in [0.25, 0.3) is 5.91 Å². The molecule has 3 aliphatic heterocycles. The highest BCUT2D eigenvalue weighted by molar-refractivity contribution is 5.81. The van der Waals surface area contributed by atoms with Crippen LogP contribution in [0, 0.1) is 5.41 Å². The molecule has 4 rings (SSSR count). The van der Waals surface area contributed by atoms with Crippen molar-refractivity contribution in [3.8, 4) is 0 Å². The number of carbonyl (C=O) groups is 2. The number of likely N-dealkylation sites (tertiary alicyclic amines) is 1. The van der Waals surface area contributed by atoms with E-state index in [0.29, 0.717) is 32.9 Å². The molecule has 0 aromatic carbocycles. The van der Waals surface area contributed by atoms with Gasteiger partial charge in [-0.3, -0.25) is 14.7 Å². The third-order valence-corrected chi connectivity index (χ3v) is 5.92. The van der Waals surface area contributed by atoms with Gasteiger partial charge in [-0.05, 0) is 37.4 Å². The first kappa shape index (κ1) is 24.4. The minimum absolute atomic E-state index is 0.132. The summed E-state index contributed by atoms with van der Waals surface area (Å²) in [5.74, 6) is -2.60. The number of carbonyl (C=O) groups excluding carboxylic acids is 1. The third kappa shape index (κ3) is 6.63. The molecule has 0 radical (unpaired) electrons. The van der Waals surface area contributed by atoms with Crippen LogP contribution in [0.2, 0.25) is 0 Å². The number of hydrogen-bond donors (Lipinski definition) is 1. The Morgan fingerprint density at radius 1 is 1.25 bits per heavy atom. The molecule has 0 aliphatic carbocycles. The number of hydrogen-bond acceptors (Lipinski definition) is 6. The first-order chi connectivity index (χ1) is 15.2. The van der Waals surface area contributed by atoms with Crippen molar-refractivity contribution in [2.24, 2.45) is 5.41 Å². The average molecular weight is 459 g/mol. The maximum atomic E-state index is 12.7. The Morgan fingerprint density at radius 3 is 2.59 bits per heavy atom. The van der Waals surface area contributed by atoms with Crippen LogP contribution in [0.3, 0.4) is 0 Å². The molecule has 1 aromatic rings. The topological polar surface area (TPSA) is 92.2 Å². The number of halogens is 3. The molecular weight excluding hydrogens is 431 g/mol. The Morgan fingerprint density at radius 2 is 1.97 bits per heavy atom. The number of carboxylic acids is 1. The molecule has 1 N–H and O–H groups in total. The van der Waals surface area contributed by atoms with Gasteiger partial charge in [-0.1, -0.05) is 6.07 Å².